The fourth-order valence-corrected chi connectivity index (χ4v) is 2.45. The van der Waals surface area contributed by atoms with Crippen LogP contribution in [0.5, 0.6) is 0 Å². The fourth-order valence-electron chi connectivity index (χ4n) is 2.45. The van der Waals surface area contributed by atoms with Crippen molar-refractivity contribution >= 4 is 17.6 Å². The normalized spacial score (nSPS) is 18.9. The van der Waals surface area contributed by atoms with Crippen molar-refractivity contribution in [1.82, 2.24) is 9.78 Å². The maximum absolute atomic E-state index is 12.0. The molecule has 1 atom stereocenters. The van der Waals surface area contributed by atoms with Gasteiger partial charge in [0.1, 0.15) is 11.4 Å². The summed E-state index contributed by atoms with van der Waals surface area (Å²) < 4.78 is 6.51. The first-order valence-corrected chi connectivity index (χ1v) is 6.89. The summed E-state index contributed by atoms with van der Waals surface area (Å²) in [5.41, 5.74) is 12.3. The summed E-state index contributed by atoms with van der Waals surface area (Å²) >= 11 is 0. The van der Waals surface area contributed by atoms with Gasteiger partial charge in [-0.25, -0.2) is 9.48 Å². The van der Waals surface area contributed by atoms with Crippen molar-refractivity contribution in [3.63, 3.8) is 0 Å². The van der Waals surface area contributed by atoms with Gasteiger partial charge >= 0.3 is 5.97 Å². The molecule has 7 nitrogen and oxygen atoms in total. The Morgan fingerprint density at radius 1 is 1.55 bits per heavy atom. The third kappa shape index (κ3) is 2.72. The number of ether oxygens (including phenoxy) is 1. The highest BCUT2D eigenvalue weighted by molar-refractivity contribution is 5.99. The highest BCUT2D eigenvalue weighted by Gasteiger charge is 2.30. The molecule has 0 bridgehead atoms. The molecule has 1 aliphatic heterocycles. The Morgan fingerprint density at radius 2 is 2.25 bits per heavy atom. The fraction of sp³-hybridized carbons (Fsp3) is 0.692. The summed E-state index contributed by atoms with van der Waals surface area (Å²) in [4.78, 5) is 14.0. The van der Waals surface area contributed by atoms with Gasteiger partial charge in [-0.1, -0.05) is 13.8 Å². The largest absolute Gasteiger partial charge is 0.465 e. The molecule has 2 rings (SSSR count). The van der Waals surface area contributed by atoms with E-state index in [2.05, 4.69) is 18.9 Å². The van der Waals surface area contributed by atoms with E-state index >= 15 is 0 Å². The smallest absolute Gasteiger partial charge is 0.345 e. The number of methoxy groups -OCH3 is 1. The molecular weight excluding hydrogens is 258 g/mol. The SMILES string of the molecule is COC(=O)c1c(N2CCC(N)C2)nn(CC(C)C)c1N. The van der Waals surface area contributed by atoms with Crippen LogP contribution in [0.4, 0.5) is 11.6 Å². The van der Waals surface area contributed by atoms with E-state index in [1.54, 1.807) is 4.68 Å². The van der Waals surface area contributed by atoms with E-state index in [-0.39, 0.29) is 6.04 Å². The van der Waals surface area contributed by atoms with Crippen LogP contribution in [0, 0.1) is 5.92 Å². The zero-order chi connectivity index (χ0) is 14.9. The van der Waals surface area contributed by atoms with Crippen LogP contribution in [0.3, 0.4) is 0 Å². The van der Waals surface area contributed by atoms with Crippen molar-refractivity contribution in [2.24, 2.45) is 11.7 Å². The number of aromatic nitrogens is 2. The Morgan fingerprint density at radius 3 is 2.75 bits per heavy atom. The van der Waals surface area contributed by atoms with Crippen LogP contribution in [-0.2, 0) is 11.3 Å². The third-order valence-electron chi connectivity index (χ3n) is 3.43. The zero-order valence-electron chi connectivity index (χ0n) is 12.3. The zero-order valence-corrected chi connectivity index (χ0v) is 12.3. The van der Waals surface area contributed by atoms with Crippen LogP contribution in [0.25, 0.3) is 0 Å². The number of nitrogen functional groups attached to an aromatic ring is 1. The Labute approximate surface area is 118 Å². The maximum atomic E-state index is 12.0. The Bertz CT molecular complexity index is 497. The van der Waals surface area contributed by atoms with Crippen molar-refractivity contribution in [1.29, 1.82) is 0 Å². The number of anilines is 2. The first kappa shape index (κ1) is 14.6. The molecule has 4 N–H and O–H groups in total. The average molecular weight is 281 g/mol. The lowest BCUT2D eigenvalue weighted by atomic mass is 10.2. The standard InChI is InChI=1S/C13H23N5O2/c1-8(2)6-18-11(15)10(13(19)20-3)12(16-18)17-5-4-9(14)7-17/h8-9H,4-7,14-15H2,1-3H3. The summed E-state index contributed by atoms with van der Waals surface area (Å²) in [6.45, 7) is 6.27. The lowest BCUT2D eigenvalue weighted by Gasteiger charge is -2.15. The minimum absolute atomic E-state index is 0.108. The summed E-state index contributed by atoms with van der Waals surface area (Å²) in [5.74, 6) is 0.883. The molecule has 112 valence electrons. The molecule has 0 radical (unpaired) electrons. The molecule has 20 heavy (non-hydrogen) atoms. The van der Waals surface area contributed by atoms with Gasteiger partial charge in [0.2, 0.25) is 0 Å². The van der Waals surface area contributed by atoms with Gasteiger partial charge in [0.15, 0.2) is 5.82 Å². The Balaban J connectivity index is 2.40. The van der Waals surface area contributed by atoms with Crippen molar-refractivity contribution in [2.45, 2.75) is 32.9 Å². The van der Waals surface area contributed by atoms with Crippen LogP contribution in [-0.4, -0.2) is 42.0 Å². The van der Waals surface area contributed by atoms with Gasteiger partial charge in [-0.05, 0) is 12.3 Å². The van der Waals surface area contributed by atoms with Gasteiger partial charge in [0, 0.05) is 25.7 Å². The number of carbonyl (C=O) groups is 1. The summed E-state index contributed by atoms with van der Waals surface area (Å²) in [6, 6.07) is 0.108. The predicted octanol–water partition coefficient (Wildman–Crippen LogP) is 0.445. The summed E-state index contributed by atoms with van der Waals surface area (Å²) in [6.07, 6.45) is 0.886. The third-order valence-corrected chi connectivity index (χ3v) is 3.43. The number of rotatable bonds is 4. The number of hydrogen-bond acceptors (Lipinski definition) is 6. The van der Waals surface area contributed by atoms with E-state index in [9.17, 15) is 4.79 Å². The van der Waals surface area contributed by atoms with Crippen molar-refractivity contribution < 1.29 is 9.53 Å². The van der Waals surface area contributed by atoms with E-state index in [1.165, 1.54) is 7.11 Å². The van der Waals surface area contributed by atoms with Crippen LogP contribution in [0.2, 0.25) is 0 Å². The van der Waals surface area contributed by atoms with Gasteiger partial charge in [0.25, 0.3) is 0 Å². The van der Waals surface area contributed by atoms with Gasteiger partial charge in [0.05, 0.1) is 7.11 Å². The highest BCUT2D eigenvalue weighted by Crippen LogP contribution is 2.29. The topological polar surface area (TPSA) is 99.4 Å². The maximum Gasteiger partial charge on any atom is 0.345 e. The molecule has 1 saturated heterocycles. The van der Waals surface area contributed by atoms with Crippen LogP contribution in [0.15, 0.2) is 0 Å². The van der Waals surface area contributed by atoms with Gasteiger partial charge < -0.3 is 21.1 Å². The number of nitrogens with zero attached hydrogens (tertiary/aromatic N) is 3. The molecule has 0 aromatic carbocycles. The molecule has 7 heteroatoms. The van der Waals surface area contributed by atoms with Gasteiger partial charge in [-0.2, -0.15) is 5.10 Å². The minimum atomic E-state index is -0.451. The number of carbonyl (C=O) groups excluding carboxylic acids is 1. The molecule has 1 aliphatic rings. The van der Waals surface area contributed by atoms with E-state index < -0.39 is 5.97 Å². The van der Waals surface area contributed by atoms with Crippen LogP contribution >= 0.6 is 0 Å². The van der Waals surface area contributed by atoms with Crippen molar-refractivity contribution in [2.75, 3.05) is 30.8 Å². The number of hydrogen-bond donors (Lipinski definition) is 2. The van der Waals surface area contributed by atoms with E-state index in [0.717, 1.165) is 13.0 Å². The first-order chi connectivity index (χ1) is 9.43. The molecule has 1 aromatic rings. The Hall–Kier alpha value is -1.76. The number of esters is 1. The van der Waals surface area contributed by atoms with Gasteiger partial charge in [-0.15, -0.1) is 0 Å². The first-order valence-electron chi connectivity index (χ1n) is 6.89. The second-order valence-electron chi connectivity index (χ2n) is 5.65. The highest BCUT2D eigenvalue weighted by atomic mass is 16.5. The molecular formula is C13H23N5O2. The summed E-state index contributed by atoms with van der Waals surface area (Å²) in [5, 5.41) is 4.50. The quantitative estimate of drug-likeness (QED) is 0.777. The van der Waals surface area contributed by atoms with E-state index in [1.807, 2.05) is 4.90 Å². The van der Waals surface area contributed by atoms with Crippen LogP contribution in [0.1, 0.15) is 30.6 Å². The summed E-state index contributed by atoms with van der Waals surface area (Å²) in [7, 11) is 1.35. The average Bonchev–Trinajstić information content (AvgIpc) is 2.93. The lowest BCUT2D eigenvalue weighted by molar-refractivity contribution is 0.0602. The lowest BCUT2D eigenvalue weighted by Crippen LogP contribution is -2.27. The monoisotopic (exact) mass is 281 g/mol. The molecule has 0 aliphatic carbocycles. The molecule has 1 fully saturated rings. The molecule has 0 spiro atoms. The van der Waals surface area contributed by atoms with E-state index in [0.29, 0.717) is 36.2 Å². The molecule has 0 saturated carbocycles. The molecule has 1 aromatic heterocycles. The molecule has 2 heterocycles. The minimum Gasteiger partial charge on any atom is -0.465 e. The predicted molar refractivity (Wildman–Crippen MR) is 77.6 cm³/mol. The van der Waals surface area contributed by atoms with E-state index in [4.69, 9.17) is 16.2 Å². The molecule has 1 unspecified atom stereocenters. The second-order valence-corrected chi connectivity index (χ2v) is 5.65. The number of nitrogens with two attached hydrogens (primary N) is 2. The Kier molecular flexibility index (Phi) is 4.17. The molecule has 0 amide bonds. The van der Waals surface area contributed by atoms with Crippen LogP contribution < -0.4 is 16.4 Å². The van der Waals surface area contributed by atoms with Gasteiger partial charge in [-0.3, -0.25) is 0 Å². The van der Waals surface area contributed by atoms with Crippen molar-refractivity contribution in [3.8, 4) is 0 Å². The second kappa shape index (κ2) is 5.70. The van der Waals surface area contributed by atoms with Crippen molar-refractivity contribution in [3.05, 3.63) is 5.56 Å².